The molecule has 0 fully saturated rings. The molecule has 0 rings (SSSR count). The molecular formula is C5H10N2O3. The lowest BCUT2D eigenvalue weighted by Crippen LogP contribution is -2.34. The topological polar surface area (TPSA) is 81.4 Å². The lowest BCUT2D eigenvalue weighted by atomic mass is 10.4. The zero-order valence-electron chi connectivity index (χ0n) is 5.72. The number of hydrazine groups is 1. The van der Waals surface area contributed by atoms with E-state index in [1.165, 1.54) is 0 Å². The zero-order chi connectivity index (χ0) is 7.98. The molecule has 0 amide bonds. The Kier molecular flexibility index (Phi) is 4.43. The molecule has 0 saturated carbocycles. The minimum absolute atomic E-state index is 0.182. The van der Waals surface area contributed by atoms with Crippen LogP contribution in [0.1, 0.15) is 6.92 Å². The number of carbonyl (C=O) groups is 2. The van der Waals surface area contributed by atoms with E-state index in [0.717, 1.165) is 0 Å². The van der Waals surface area contributed by atoms with Crippen LogP contribution in [-0.2, 0) is 14.3 Å². The fourth-order valence-corrected chi connectivity index (χ4v) is 0.376. The number of ketones is 1. The number of nitrogens with one attached hydrogen (secondary N) is 1. The third-order valence-corrected chi connectivity index (χ3v) is 0.766. The van der Waals surface area contributed by atoms with Crippen molar-refractivity contribution in [3.05, 3.63) is 0 Å². The van der Waals surface area contributed by atoms with Crippen molar-refractivity contribution >= 4 is 11.8 Å². The number of hydrogen-bond acceptors (Lipinski definition) is 5. The molecule has 5 nitrogen and oxygen atoms in total. The van der Waals surface area contributed by atoms with Crippen LogP contribution in [0.15, 0.2) is 0 Å². The number of hydrogen-bond donors (Lipinski definition) is 2. The molecule has 5 heteroatoms. The highest BCUT2D eigenvalue weighted by Crippen LogP contribution is 1.78. The molecule has 0 spiro atoms. The van der Waals surface area contributed by atoms with Gasteiger partial charge >= 0.3 is 5.97 Å². The predicted octanol–water partition coefficient (Wildman–Crippen LogP) is -1.42. The molecule has 0 aliphatic heterocycles. The number of nitrogens with two attached hydrogens (primary N) is 1. The number of esters is 1. The third kappa shape index (κ3) is 3.16. The number of rotatable bonds is 4. The SMILES string of the molecule is CCOC(=O)C(=O)CNN. The van der Waals surface area contributed by atoms with Crippen LogP contribution in [0.25, 0.3) is 0 Å². The number of Topliss-reactive ketones (excluding diaryl/α,β-unsaturated/α-hetero) is 1. The molecule has 0 unspecified atom stereocenters. The molecule has 0 aromatic carbocycles. The van der Waals surface area contributed by atoms with Crippen molar-refractivity contribution in [2.45, 2.75) is 6.92 Å². The first-order valence-electron chi connectivity index (χ1n) is 2.85. The summed E-state index contributed by atoms with van der Waals surface area (Å²) in [6.45, 7) is 1.65. The predicted molar refractivity (Wildman–Crippen MR) is 33.8 cm³/mol. The van der Waals surface area contributed by atoms with Crippen LogP contribution in [-0.4, -0.2) is 24.9 Å². The van der Waals surface area contributed by atoms with E-state index in [1.54, 1.807) is 6.92 Å². The highest BCUT2D eigenvalue weighted by Gasteiger charge is 2.12. The summed E-state index contributed by atoms with van der Waals surface area (Å²) in [5, 5.41) is 0. The average molecular weight is 146 g/mol. The molecule has 10 heavy (non-hydrogen) atoms. The van der Waals surface area contributed by atoms with E-state index in [0.29, 0.717) is 0 Å². The summed E-state index contributed by atoms with van der Waals surface area (Å²) >= 11 is 0. The van der Waals surface area contributed by atoms with Crippen molar-refractivity contribution in [1.29, 1.82) is 0 Å². The van der Waals surface area contributed by atoms with Crippen molar-refractivity contribution in [3.63, 3.8) is 0 Å². The largest absolute Gasteiger partial charge is 0.460 e. The van der Waals surface area contributed by atoms with Gasteiger partial charge in [-0.1, -0.05) is 0 Å². The van der Waals surface area contributed by atoms with E-state index in [4.69, 9.17) is 5.84 Å². The quantitative estimate of drug-likeness (QED) is 0.220. The van der Waals surface area contributed by atoms with E-state index in [9.17, 15) is 9.59 Å². The van der Waals surface area contributed by atoms with Crippen LogP contribution in [0.4, 0.5) is 0 Å². The second-order valence-electron chi connectivity index (χ2n) is 1.52. The maximum atomic E-state index is 10.5. The Bertz CT molecular complexity index is 119. The van der Waals surface area contributed by atoms with Gasteiger partial charge in [0.15, 0.2) is 0 Å². The van der Waals surface area contributed by atoms with Gasteiger partial charge in [0.2, 0.25) is 0 Å². The molecule has 0 saturated heterocycles. The first-order chi connectivity index (χ1) is 4.72. The van der Waals surface area contributed by atoms with Crippen molar-refractivity contribution in [1.82, 2.24) is 5.43 Å². The lowest BCUT2D eigenvalue weighted by Gasteiger charge is -1.98. The number of carbonyl (C=O) groups excluding carboxylic acids is 2. The van der Waals surface area contributed by atoms with E-state index < -0.39 is 11.8 Å². The Hall–Kier alpha value is -0.940. The third-order valence-electron chi connectivity index (χ3n) is 0.766. The Morgan fingerprint density at radius 1 is 1.60 bits per heavy atom. The normalized spacial score (nSPS) is 9.00. The van der Waals surface area contributed by atoms with Crippen LogP contribution in [0.2, 0.25) is 0 Å². The van der Waals surface area contributed by atoms with E-state index >= 15 is 0 Å². The van der Waals surface area contributed by atoms with Gasteiger partial charge in [-0.15, -0.1) is 0 Å². The van der Waals surface area contributed by atoms with Gasteiger partial charge < -0.3 is 4.74 Å². The molecular weight excluding hydrogens is 136 g/mol. The summed E-state index contributed by atoms with van der Waals surface area (Å²) in [5.74, 6) is 3.28. The van der Waals surface area contributed by atoms with E-state index in [1.807, 2.05) is 0 Å². The van der Waals surface area contributed by atoms with Gasteiger partial charge in [0.05, 0.1) is 13.2 Å². The van der Waals surface area contributed by atoms with Gasteiger partial charge in [-0.05, 0) is 6.92 Å². The van der Waals surface area contributed by atoms with Crippen molar-refractivity contribution in [2.24, 2.45) is 5.84 Å². The van der Waals surface area contributed by atoms with Gasteiger partial charge in [0.1, 0.15) is 0 Å². The van der Waals surface area contributed by atoms with Gasteiger partial charge in [-0.2, -0.15) is 0 Å². The van der Waals surface area contributed by atoms with Crippen LogP contribution < -0.4 is 11.3 Å². The standard InChI is InChI=1S/C5H10N2O3/c1-2-10-5(9)4(8)3-7-6/h7H,2-3,6H2,1H3. The second-order valence-corrected chi connectivity index (χ2v) is 1.52. The molecule has 0 aromatic rings. The first-order valence-corrected chi connectivity index (χ1v) is 2.85. The maximum Gasteiger partial charge on any atom is 0.376 e. The molecule has 0 aliphatic carbocycles. The Morgan fingerprint density at radius 2 is 2.20 bits per heavy atom. The average Bonchev–Trinajstić information content (AvgIpc) is 1.89. The minimum Gasteiger partial charge on any atom is -0.460 e. The molecule has 0 aliphatic rings. The van der Waals surface area contributed by atoms with Gasteiger partial charge in [-0.25, -0.2) is 4.79 Å². The summed E-state index contributed by atoms with van der Waals surface area (Å²) in [5.41, 5.74) is 2.06. The molecule has 3 N–H and O–H groups in total. The Labute approximate surface area is 58.5 Å². The summed E-state index contributed by atoms with van der Waals surface area (Å²) in [4.78, 5) is 21.0. The molecule has 58 valence electrons. The van der Waals surface area contributed by atoms with Crippen molar-refractivity contribution < 1.29 is 14.3 Å². The van der Waals surface area contributed by atoms with E-state index in [2.05, 4.69) is 10.2 Å². The summed E-state index contributed by atoms with van der Waals surface area (Å²) in [7, 11) is 0. The smallest absolute Gasteiger partial charge is 0.376 e. The van der Waals surface area contributed by atoms with Crippen molar-refractivity contribution in [3.8, 4) is 0 Å². The maximum absolute atomic E-state index is 10.5. The monoisotopic (exact) mass is 146 g/mol. The second kappa shape index (κ2) is 4.89. The first kappa shape index (κ1) is 9.06. The van der Waals surface area contributed by atoms with Crippen LogP contribution in [0.5, 0.6) is 0 Å². The molecule has 0 radical (unpaired) electrons. The van der Waals surface area contributed by atoms with Gasteiger partial charge in [-0.3, -0.25) is 16.1 Å². The van der Waals surface area contributed by atoms with Crippen molar-refractivity contribution in [2.75, 3.05) is 13.2 Å². The fourth-order valence-electron chi connectivity index (χ4n) is 0.376. The zero-order valence-corrected chi connectivity index (χ0v) is 5.72. The fraction of sp³-hybridized carbons (Fsp3) is 0.600. The van der Waals surface area contributed by atoms with E-state index in [-0.39, 0.29) is 13.2 Å². The van der Waals surface area contributed by atoms with Crippen LogP contribution >= 0.6 is 0 Å². The van der Waals surface area contributed by atoms with Gasteiger partial charge in [0, 0.05) is 0 Å². The molecule has 0 aromatic heterocycles. The number of ether oxygens (including phenoxy) is 1. The molecule has 0 atom stereocenters. The van der Waals surface area contributed by atoms with Crippen LogP contribution in [0.3, 0.4) is 0 Å². The Balaban J connectivity index is 3.60. The van der Waals surface area contributed by atoms with Gasteiger partial charge in [0.25, 0.3) is 5.78 Å². The highest BCUT2D eigenvalue weighted by atomic mass is 16.5. The summed E-state index contributed by atoms with van der Waals surface area (Å²) < 4.78 is 4.37. The summed E-state index contributed by atoms with van der Waals surface area (Å²) in [6, 6.07) is 0. The lowest BCUT2D eigenvalue weighted by molar-refractivity contribution is -0.153. The molecule has 0 bridgehead atoms. The molecule has 0 heterocycles. The Morgan fingerprint density at radius 3 is 2.60 bits per heavy atom. The van der Waals surface area contributed by atoms with Crippen LogP contribution in [0, 0.1) is 0 Å². The summed E-state index contributed by atoms with van der Waals surface area (Å²) in [6.07, 6.45) is 0. The minimum atomic E-state index is -0.847. The highest BCUT2D eigenvalue weighted by molar-refractivity contribution is 6.34.